The summed E-state index contributed by atoms with van der Waals surface area (Å²) < 4.78 is 7.98. The first kappa shape index (κ1) is 25.8. The second-order valence-corrected chi connectivity index (χ2v) is 11.6. The van der Waals surface area contributed by atoms with Crippen LogP contribution in [0.15, 0.2) is 54.6 Å². The molecule has 5 rings (SSSR count). The van der Waals surface area contributed by atoms with Crippen LogP contribution in [0.4, 0.5) is 0 Å². The number of carboxylic acid groups (broad SMARTS) is 1. The molecule has 0 fully saturated rings. The van der Waals surface area contributed by atoms with Gasteiger partial charge in [-0.3, -0.25) is 4.79 Å². The Morgan fingerprint density at radius 2 is 1.65 bits per heavy atom. The lowest BCUT2D eigenvalue weighted by molar-refractivity contribution is -0.137. The molecule has 2 heterocycles. The van der Waals surface area contributed by atoms with Crippen LogP contribution in [-0.2, 0) is 19.5 Å². The van der Waals surface area contributed by atoms with Crippen molar-refractivity contribution in [2.24, 2.45) is 0 Å². The van der Waals surface area contributed by atoms with Gasteiger partial charge in [0.1, 0.15) is 23.0 Å². The van der Waals surface area contributed by atoms with E-state index in [2.05, 4.69) is 0 Å². The van der Waals surface area contributed by atoms with Gasteiger partial charge in [-0.25, -0.2) is 4.79 Å². The number of carbonyl (C=O) groups is 2. The highest BCUT2D eigenvalue weighted by molar-refractivity contribution is 6.62. The number of hydrogen-bond acceptors (Lipinski definition) is 6. The third-order valence-corrected chi connectivity index (χ3v) is 8.85. The van der Waals surface area contributed by atoms with E-state index >= 15 is 0 Å². The van der Waals surface area contributed by atoms with Gasteiger partial charge in [-0.15, -0.1) is 0 Å². The number of rotatable bonds is 6. The molecule has 2 aliphatic rings. The van der Waals surface area contributed by atoms with Crippen molar-refractivity contribution < 1.29 is 34.4 Å². The van der Waals surface area contributed by atoms with E-state index < -0.39 is 32.0 Å². The Kier molecular flexibility index (Phi) is 6.19. The van der Waals surface area contributed by atoms with Crippen molar-refractivity contribution in [2.75, 3.05) is 0 Å². The quantitative estimate of drug-likeness (QED) is 0.218. The van der Waals surface area contributed by atoms with Crippen molar-refractivity contribution in [3.63, 3.8) is 0 Å². The van der Waals surface area contributed by atoms with Crippen molar-refractivity contribution in [2.45, 2.75) is 33.5 Å². The van der Waals surface area contributed by atoms with Gasteiger partial charge in [0.15, 0.2) is 14.3 Å². The molecule has 0 saturated carbocycles. The molecule has 0 bridgehead atoms. The maximum Gasteiger partial charge on any atom is 0.340 e. The number of ether oxygens (including phenoxy) is 2. The Morgan fingerprint density at radius 1 is 0.946 bits per heavy atom. The van der Waals surface area contributed by atoms with Gasteiger partial charge in [0, 0.05) is 29.2 Å². The monoisotopic (exact) mass is 582 g/mol. The number of alkyl halides is 4. The zero-order chi connectivity index (χ0) is 26.8. The average Bonchev–Trinajstić information content (AvgIpc) is 3.11. The van der Waals surface area contributed by atoms with Crippen molar-refractivity contribution in [3.8, 4) is 23.0 Å². The van der Waals surface area contributed by atoms with Gasteiger partial charge in [0.2, 0.25) is 0 Å². The summed E-state index contributed by atoms with van der Waals surface area (Å²) in [6.07, 6.45) is -0.326. The molecule has 0 aromatic heterocycles. The number of aliphatic carboxylic acids is 1. The van der Waals surface area contributed by atoms with Gasteiger partial charge in [-0.2, -0.15) is 0 Å². The van der Waals surface area contributed by atoms with E-state index in [0.717, 1.165) is 0 Å². The maximum atomic E-state index is 13.0. The molecule has 37 heavy (non-hydrogen) atoms. The smallest absolute Gasteiger partial charge is 0.340 e. The van der Waals surface area contributed by atoms with E-state index in [9.17, 15) is 19.8 Å². The molecule has 0 amide bonds. The number of halogens is 4. The SMILES string of the molecule is O=C(O)CCCC(Cl)(Cl)C(Cl)(Cl)c1c(O)ccc2c1Oc1cc(O)ccc1C21OC(=O)c2ccccc21. The molecular formula is C26H18Cl4O7. The molecule has 1 atom stereocenters. The van der Waals surface area contributed by atoms with Crippen LogP contribution in [0.5, 0.6) is 23.0 Å². The topological polar surface area (TPSA) is 113 Å². The zero-order valence-electron chi connectivity index (χ0n) is 18.8. The van der Waals surface area contributed by atoms with Gasteiger partial charge in [-0.1, -0.05) is 64.6 Å². The maximum absolute atomic E-state index is 13.0. The number of benzene rings is 3. The molecule has 3 aromatic rings. The lowest BCUT2D eigenvalue weighted by atomic mass is 9.76. The van der Waals surface area contributed by atoms with Gasteiger partial charge in [0.05, 0.1) is 11.1 Å². The van der Waals surface area contributed by atoms with Crippen LogP contribution < -0.4 is 4.74 Å². The summed E-state index contributed by atoms with van der Waals surface area (Å²) in [4.78, 5) is 24.0. The first-order chi connectivity index (χ1) is 17.4. The van der Waals surface area contributed by atoms with Gasteiger partial charge in [-0.05, 0) is 43.2 Å². The molecule has 11 heteroatoms. The Labute approximate surface area is 231 Å². The summed E-state index contributed by atoms with van der Waals surface area (Å²) in [5, 5.41) is 30.1. The van der Waals surface area contributed by atoms with E-state index in [0.29, 0.717) is 16.7 Å². The summed E-state index contributed by atoms with van der Waals surface area (Å²) in [6, 6.07) is 14.0. The van der Waals surface area contributed by atoms with Crippen LogP contribution in [0.25, 0.3) is 0 Å². The molecule has 1 unspecified atom stereocenters. The normalized spacial score (nSPS) is 18.0. The average molecular weight is 584 g/mol. The number of carbonyl (C=O) groups excluding carboxylic acids is 1. The van der Waals surface area contributed by atoms with Gasteiger partial charge < -0.3 is 24.8 Å². The molecule has 192 valence electrons. The Morgan fingerprint density at radius 3 is 2.38 bits per heavy atom. The minimum absolute atomic E-state index is 0.0474. The Bertz CT molecular complexity index is 1450. The lowest BCUT2D eigenvalue weighted by Gasteiger charge is -2.40. The first-order valence-electron chi connectivity index (χ1n) is 11.1. The lowest BCUT2D eigenvalue weighted by Crippen LogP contribution is -2.37. The van der Waals surface area contributed by atoms with Gasteiger partial charge in [0.25, 0.3) is 0 Å². The highest BCUT2D eigenvalue weighted by atomic mass is 35.5. The van der Waals surface area contributed by atoms with E-state index in [1.165, 1.54) is 24.3 Å². The van der Waals surface area contributed by atoms with Crippen molar-refractivity contribution in [3.05, 3.63) is 82.4 Å². The number of phenolic OH excluding ortho intramolecular Hbond substituents is 2. The Hall–Kier alpha value is -2.84. The number of phenols is 2. The summed E-state index contributed by atoms with van der Waals surface area (Å²) in [5.41, 5.74) is -0.190. The summed E-state index contributed by atoms with van der Waals surface area (Å²) in [6.45, 7) is 0. The largest absolute Gasteiger partial charge is 0.508 e. The minimum Gasteiger partial charge on any atom is -0.508 e. The van der Waals surface area contributed by atoms with Crippen LogP contribution in [0.2, 0.25) is 0 Å². The molecule has 3 aromatic carbocycles. The second kappa shape index (κ2) is 8.88. The third kappa shape index (κ3) is 3.87. The van der Waals surface area contributed by atoms with Crippen LogP contribution in [0.3, 0.4) is 0 Å². The van der Waals surface area contributed by atoms with E-state index in [1.807, 2.05) is 0 Å². The number of aromatic hydroxyl groups is 2. The molecule has 0 saturated heterocycles. The van der Waals surface area contributed by atoms with Crippen LogP contribution in [0, 0.1) is 0 Å². The Balaban J connectivity index is 1.76. The predicted octanol–water partition coefficient (Wildman–Crippen LogP) is 6.73. The molecule has 7 nitrogen and oxygen atoms in total. The minimum atomic E-state index is -2.22. The predicted molar refractivity (Wildman–Crippen MR) is 137 cm³/mol. The molecule has 0 radical (unpaired) electrons. The summed E-state index contributed by atoms with van der Waals surface area (Å²) in [5.74, 6) is -2.13. The molecule has 3 N–H and O–H groups in total. The van der Waals surface area contributed by atoms with Crippen molar-refractivity contribution in [1.29, 1.82) is 0 Å². The highest BCUT2D eigenvalue weighted by Gasteiger charge is 2.57. The zero-order valence-corrected chi connectivity index (χ0v) is 21.8. The fourth-order valence-corrected chi connectivity index (χ4v) is 5.83. The number of fused-ring (bicyclic) bond motifs is 6. The molecule has 2 aliphatic heterocycles. The number of hydrogen-bond donors (Lipinski definition) is 3. The molecule has 1 spiro atoms. The number of carboxylic acids is 1. The van der Waals surface area contributed by atoms with Crippen molar-refractivity contribution >= 4 is 58.3 Å². The van der Waals surface area contributed by atoms with Crippen molar-refractivity contribution in [1.82, 2.24) is 0 Å². The second-order valence-electron chi connectivity index (χ2n) is 8.76. The molecule has 0 aliphatic carbocycles. The van der Waals surface area contributed by atoms with Crippen LogP contribution >= 0.6 is 46.4 Å². The summed E-state index contributed by atoms with van der Waals surface area (Å²) in [7, 11) is 0. The summed E-state index contributed by atoms with van der Waals surface area (Å²) >= 11 is 26.6. The third-order valence-electron chi connectivity index (χ3n) is 6.50. The van der Waals surface area contributed by atoms with E-state index in [4.69, 9.17) is 61.0 Å². The van der Waals surface area contributed by atoms with Crippen LogP contribution in [-0.4, -0.2) is 31.6 Å². The fraction of sp³-hybridized carbons (Fsp3) is 0.231. The van der Waals surface area contributed by atoms with Crippen LogP contribution in [0.1, 0.15) is 51.9 Å². The number of esters is 1. The molecular weight excluding hydrogens is 566 g/mol. The van der Waals surface area contributed by atoms with Gasteiger partial charge >= 0.3 is 11.9 Å². The standard InChI is InChI=1S/C26H18Cl4O7/c27-24(28,11-3-6-20(33)34)26(29,30)21-18(32)10-9-17-22(21)36-19-12-13(31)7-8-16(19)25(17)15-5-2-1-4-14(15)23(35)37-25/h1-2,4-5,7-10,12,31-32H,3,6,11H2,(H,33,34). The highest BCUT2D eigenvalue weighted by Crippen LogP contribution is 2.63. The van der Waals surface area contributed by atoms with E-state index in [-0.39, 0.29) is 47.6 Å². The fourth-order valence-electron chi connectivity index (χ4n) is 4.82. The van der Waals surface area contributed by atoms with E-state index in [1.54, 1.807) is 30.3 Å². The first-order valence-corrected chi connectivity index (χ1v) is 12.6.